The quantitative estimate of drug-likeness (QED) is 0.598. The summed E-state index contributed by atoms with van der Waals surface area (Å²) in [5, 5.41) is 12.9. The molecule has 0 saturated carbocycles. The molecule has 3 aliphatic heterocycles. The minimum atomic E-state index is -3.79. The number of nitrogens with two attached hydrogens (primary N) is 1. The normalized spacial score (nSPS) is 24.8. The Morgan fingerprint density at radius 1 is 1.34 bits per heavy atom. The summed E-state index contributed by atoms with van der Waals surface area (Å²) in [6.07, 6.45) is 3.37. The third-order valence-corrected chi connectivity index (χ3v) is 8.08. The summed E-state index contributed by atoms with van der Waals surface area (Å²) in [5.74, 6) is 0.175. The molecule has 5 rings (SSSR count). The highest BCUT2D eigenvalue weighted by Crippen LogP contribution is 2.56. The molecule has 2 saturated heterocycles. The Morgan fingerprint density at radius 2 is 2.16 bits per heavy atom. The van der Waals surface area contributed by atoms with E-state index in [4.69, 9.17) is 5.14 Å². The van der Waals surface area contributed by atoms with E-state index in [9.17, 15) is 18.0 Å². The maximum Gasteiger partial charge on any atom is 0.274 e. The fourth-order valence-electron chi connectivity index (χ4n) is 4.64. The lowest BCUT2D eigenvalue weighted by Crippen LogP contribution is -2.53. The van der Waals surface area contributed by atoms with Crippen molar-refractivity contribution < 1.29 is 18.0 Å². The van der Waals surface area contributed by atoms with Crippen molar-refractivity contribution in [1.29, 1.82) is 0 Å². The first-order valence-electron chi connectivity index (χ1n) is 10.3. The van der Waals surface area contributed by atoms with Gasteiger partial charge >= 0.3 is 0 Å². The van der Waals surface area contributed by atoms with E-state index in [0.29, 0.717) is 38.2 Å². The van der Waals surface area contributed by atoms with Crippen LogP contribution in [0.1, 0.15) is 25.0 Å². The number of benzene rings is 1. The molecule has 0 spiro atoms. The summed E-state index contributed by atoms with van der Waals surface area (Å²) in [6, 6.07) is 7.68. The number of amides is 2. The average Bonchev–Trinajstić information content (AvgIpc) is 3.51. The van der Waals surface area contributed by atoms with Gasteiger partial charge in [0.2, 0.25) is 5.91 Å². The zero-order valence-electron chi connectivity index (χ0n) is 17.2. The summed E-state index contributed by atoms with van der Waals surface area (Å²) >= 11 is 1.49. The molecular weight excluding hydrogens is 454 g/mol. The van der Waals surface area contributed by atoms with Crippen molar-refractivity contribution in [3.8, 4) is 0 Å². The number of nitrogens with zero attached hydrogens (tertiary/aromatic N) is 5. The smallest absolute Gasteiger partial charge is 0.274 e. The minimum absolute atomic E-state index is 0.00482. The van der Waals surface area contributed by atoms with Gasteiger partial charge in [-0.2, -0.15) is 13.1 Å². The number of para-hydroxylation sites is 1. The number of hydrogen-bond acceptors (Lipinski definition) is 7. The number of carbonyl (C=O) groups is 2. The van der Waals surface area contributed by atoms with Gasteiger partial charge in [-0.15, -0.1) is 5.10 Å². The molecular formula is C19H23N7O4S2. The topological polar surface area (TPSA) is 144 Å². The van der Waals surface area contributed by atoms with Gasteiger partial charge in [0.25, 0.3) is 16.1 Å². The molecule has 170 valence electrons. The van der Waals surface area contributed by atoms with E-state index >= 15 is 0 Å². The number of rotatable bonds is 6. The highest BCUT2D eigenvalue weighted by Gasteiger charge is 2.58. The van der Waals surface area contributed by atoms with Crippen molar-refractivity contribution in [3.63, 3.8) is 0 Å². The van der Waals surface area contributed by atoms with Crippen LogP contribution in [0.3, 0.4) is 0 Å². The second-order valence-electron chi connectivity index (χ2n) is 8.29. The Morgan fingerprint density at radius 3 is 2.97 bits per heavy atom. The predicted molar refractivity (Wildman–Crippen MR) is 116 cm³/mol. The number of hydrogen-bond donors (Lipinski definition) is 2. The molecule has 3 N–H and O–H groups in total. The van der Waals surface area contributed by atoms with Crippen LogP contribution >= 0.6 is 11.8 Å². The number of anilines is 1. The second-order valence-corrected chi connectivity index (χ2v) is 11.0. The predicted octanol–water partition coefficient (Wildman–Crippen LogP) is 0.0487. The van der Waals surface area contributed by atoms with E-state index in [1.54, 1.807) is 15.8 Å². The lowest BCUT2D eigenvalue weighted by molar-refractivity contribution is -0.133. The van der Waals surface area contributed by atoms with Crippen LogP contribution in [0, 0.1) is 5.92 Å². The fraction of sp³-hybridized carbons (Fsp3) is 0.474. The van der Waals surface area contributed by atoms with Gasteiger partial charge in [-0.05, 0) is 30.9 Å². The average molecular weight is 478 g/mol. The molecule has 11 nitrogen and oxygen atoms in total. The first-order chi connectivity index (χ1) is 15.2. The summed E-state index contributed by atoms with van der Waals surface area (Å²) in [4.78, 5) is 29.9. The molecule has 0 bridgehead atoms. The molecule has 2 aromatic rings. The Labute approximate surface area is 189 Å². The van der Waals surface area contributed by atoms with Crippen LogP contribution in [-0.4, -0.2) is 58.1 Å². The first-order valence-corrected chi connectivity index (χ1v) is 12.7. The number of likely N-dealkylation sites (tertiary alicyclic amines) is 1. The zero-order valence-corrected chi connectivity index (χ0v) is 18.8. The number of thioether (sulfide) groups is 1. The molecule has 13 heteroatoms. The number of aromatic nitrogens is 3. The monoisotopic (exact) mass is 477 g/mol. The van der Waals surface area contributed by atoms with Crippen LogP contribution in [-0.2, 0) is 32.9 Å². The summed E-state index contributed by atoms with van der Waals surface area (Å²) in [7, 11) is -3.79. The van der Waals surface area contributed by atoms with Crippen LogP contribution in [0.4, 0.5) is 5.69 Å². The molecule has 3 aliphatic rings. The third-order valence-electron chi connectivity index (χ3n) is 6.07. The van der Waals surface area contributed by atoms with Crippen LogP contribution in [0.25, 0.3) is 0 Å². The molecule has 32 heavy (non-hydrogen) atoms. The van der Waals surface area contributed by atoms with Crippen molar-refractivity contribution in [3.05, 3.63) is 36.2 Å². The minimum Gasteiger partial charge on any atom is -0.340 e. The zero-order chi connectivity index (χ0) is 22.5. The number of fused-ring (bicyclic) bond motifs is 3. The SMILES string of the molecule is NS(=O)(=O)NCc1cn(CC2CCN(C(=O)C34CCC(=O)N3c3ccccc3S4)C2)nn1. The van der Waals surface area contributed by atoms with Crippen molar-refractivity contribution >= 4 is 39.5 Å². The largest absolute Gasteiger partial charge is 0.340 e. The molecule has 1 aromatic heterocycles. The summed E-state index contributed by atoms with van der Waals surface area (Å²) in [6.45, 7) is 1.73. The van der Waals surface area contributed by atoms with Gasteiger partial charge in [-0.25, -0.2) is 5.14 Å². The standard InChI is InChI=1S/C19H23N7O4S2/c20-32(29,30)21-9-14-12-25(23-22-14)11-13-6-8-24(10-13)18(28)19-7-5-17(27)26(19)15-3-1-2-4-16(15)31-19/h1-4,12-13,21H,5-11H2,(H2,20,29,30). The van der Waals surface area contributed by atoms with Crippen molar-refractivity contribution in [2.75, 3.05) is 18.0 Å². The van der Waals surface area contributed by atoms with Crippen molar-refractivity contribution in [2.24, 2.45) is 11.1 Å². The molecule has 2 fully saturated rings. The Kier molecular flexibility index (Phi) is 5.23. The van der Waals surface area contributed by atoms with Gasteiger partial charge in [0.15, 0.2) is 4.87 Å². The summed E-state index contributed by atoms with van der Waals surface area (Å²) < 4.78 is 25.9. The lowest BCUT2D eigenvalue weighted by Gasteiger charge is -2.33. The molecule has 2 atom stereocenters. The van der Waals surface area contributed by atoms with Gasteiger partial charge in [0, 0.05) is 37.1 Å². The van der Waals surface area contributed by atoms with Gasteiger partial charge in [-0.1, -0.05) is 29.1 Å². The van der Waals surface area contributed by atoms with E-state index in [1.807, 2.05) is 29.2 Å². The fourth-order valence-corrected chi connectivity index (χ4v) is 6.48. The second kappa shape index (κ2) is 7.83. The Bertz CT molecular complexity index is 1180. The lowest BCUT2D eigenvalue weighted by atomic mass is 10.1. The van der Waals surface area contributed by atoms with E-state index < -0.39 is 15.1 Å². The maximum atomic E-state index is 13.6. The first kappa shape index (κ1) is 21.4. The summed E-state index contributed by atoms with van der Waals surface area (Å²) in [5.41, 5.74) is 1.29. The van der Waals surface area contributed by atoms with E-state index in [0.717, 1.165) is 17.0 Å². The molecule has 4 heterocycles. The van der Waals surface area contributed by atoms with E-state index in [2.05, 4.69) is 15.0 Å². The Hall–Kier alpha value is -2.48. The van der Waals surface area contributed by atoms with Gasteiger partial charge in [-0.3, -0.25) is 19.2 Å². The number of carbonyl (C=O) groups excluding carboxylic acids is 2. The van der Waals surface area contributed by atoms with Crippen molar-refractivity contribution in [2.45, 2.75) is 42.1 Å². The Balaban J connectivity index is 1.25. The maximum absolute atomic E-state index is 13.6. The van der Waals surface area contributed by atoms with Crippen LogP contribution in [0.5, 0.6) is 0 Å². The van der Waals surface area contributed by atoms with E-state index in [1.165, 1.54) is 11.8 Å². The van der Waals surface area contributed by atoms with Crippen molar-refractivity contribution in [1.82, 2.24) is 24.6 Å². The van der Waals surface area contributed by atoms with Crippen LogP contribution in [0.15, 0.2) is 35.4 Å². The van der Waals surface area contributed by atoms with Crippen LogP contribution in [0.2, 0.25) is 0 Å². The van der Waals surface area contributed by atoms with E-state index in [-0.39, 0.29) is 24.3 Å². The number of nitrogens with one attached hydrogen (secondary N) is 1. The highest BCUT2D eigenvalue weighted by atomic mass is 32.2. The highest BCUT2D eigenvalue weighted by molar-refractivity contribution is 8.02. The molecule has 1 aromatic carbocycles. The third kappa shape index (κ3) is 3.78. The van der Waals surface area contributed by atoms with Gasteiger partial charge < -0.3 is 4.90 Å². The van der Waals surface area contributed by atoms with Crippen LogP contribution < -0.4 is 14.8 Å². The van der Waals surface area contributed by atoms with Gasteiger partial charge in [0.1, 0.15) is 0 Å². The molecule has 0 aliphatic carbocycles. The molecule has 0 radical (unpaired) electrons. The molecule has 2 unspecified atom stereocenters. The molecule has 2 amide bonds. The van der Waals surface area contributed by atoms with Gasteiger partial charge in [0.05, 0.1) is 17.9 Å².